The minimum Gasteiger partial charge on any atom is -0.278 e. The average molecular weight is 577 g/mol. The van der Waals surface area contributed by atoms with Crippen LogP contribution in [0.5, 0.6) is 0 Å². The molecule has 0 unspecified atom stereocenters. The van der Waals surface area contributed by atoms with Gasteiger partial charge >= 0.3 is 0 Å². The Bertz CT molecular complexity index is 2160. The first kappa shape index (κ1) is 23.1. The van der Waals surface area contributed by atoms with E-state index in [1.807, 2.05) is 60.7 Å². The fraction of sp³-hybridized carbons (Fsp3) is 0. The van der Waals surface area contributed by atoms with Crippen LogP contribution in [-0.4, -0.2) is 19.5 Å². The van der Waals surface area contributed by atoms with Gasteiger partial charge in [0.15, 0.2) is 11.6 Å². The van der Waals surface area contributed by atoms with Crippen LogP contribution in [0, 0.1) is 0 Å². The number of rotatable bonds is 3. The predicted octanol–water partition coefficient (Wildman–Crippen LogP) is 9.37. The van der Waals surface area contributed by atoms with Gasteiger partial charge in [-0.2, -0.15) is 9.97 Å². The lowest BCUT2D eigenvalue weighted by molar-refractivity contribution is 0.953. The van der Waals surface area contributed by atoms with Crippen molar-refractivity contribution in [2.75, 3.05) is 0 Å². The highest BCUT2D eigenvalue weighted by Crippen LogP contribution is 2.42. The molecule has 2 heterocycles. The molecule has 0 radical (unpaired) electrons. The topological polar surface area (TPSA) is 43.6 Å². The molecule has 0 amide bonds. The number of nitrogens with zero attached hydrogens (tertiary/aromatic N) is 4. The molecular formula is C35H21BrN4. The van der Waals surface area contributed by atoms with E-state index in [0.717, 1.165) is 26.6 Å². The van der Waals surface area contributed by atoms with Crippen LogP contribution in [0.3, 0.4) is 0 Å². The van der Waals surface area contributed by atoms with Gasteiger partial charge < -0.3 is 0 Å². The van der Waals surface area contributed by atoms with E-state index in [2.05, 4.69) is 87.2 Å². The van der Waals surface area contributed by atoms with Crippen molar-refractivity contribution in [3.05, 3.63) is 132 Å². The fourth-order valence-electron chi connectivity index (χ4n) is 5.71. The first-order chi connectivity index (χ1) is 19.8. The summed E-state index contributed by atoms with van der Waals surface area (Å²) in [5, 5.41) is 7.15. The lowest BCUT2D eigenvalue weighted by atomic mass is 10.00. The van der Waals surface area contributed by atoms with Crippen molar-refractivity contribution in [3.8, 4) is 28.7 Å². The van der Waals surface area contributed by atoms with Crippen molar-refractivity contribution in [2.45, 2.75) is 0 Å². The lowest BCUT2D eigenvalue weighted by Gasteiger charge is -2.11. The summed E-state index contributed by atoms with van der Waals surface area (Å²) in [7, 11) is 0. The zero-order valence-corrected chi connectivity index (χ0v) is 22.9. The molecule has 0 bridgehead atoms. The van der Waals surface area contributed by atoms with Crippen molar-refractivity contribution in [1.82, 2.24) is 19.5 Å². The second kappa shape index (κ2) is 9.11. The van der Waals surface area contributed by atoms with Gasteiger partial charge in [0, 0.05) is 26.4 Å². The van der Waals surface area contributed by atoms with Gasteiger partial charge in [0.2, 0.25) is 5.95 Å². The zero-order chi connectivity index (χ0) is 26.6. The van der Waals surface area contributed by atoms with E-state index in [0.29, 0.717) is 17.6 Å². The van der Waals surface area contributed by atoms with Gasteiger partial charge in [0.05, 0.1) is 11.0 Å². The van der Waals surface area contributed by atoms with E-state index < -0.39 is 0 Å². The summed E-state index contributed by atoms with van der Waals surface area (Å²) in [6.07, 6.45) is 0. The van der Waals surface area contributed by atoms with Crippen LogP contribution in [0.25, 0.3) is 72.1 Å². The summed E-state index contributed by atoms with van der Waals surface area (Å²) in [6.45, 7) is 0. The number of fused-ring (bicyclic) bond motifs is 7. The van der Waals surface area contributed by atoms with Crippen LogP contribution in [0.4, 0.5) is 0 Å². The third-order valence-electron chi connectivity index (χ3n) is 7.50. The van der Waals surface area contributed by atoms with Crippen LogP contribution < -0.4 is 0 Å². The van der Waals surface area contributed by atoms with Crippen molar-refractivity contribution in [1.29, 1.82) is 0 Å². The molecule has 188 valence electrons. The van der Waals surface area contributed by atoms with E-state index in [4.69, 9.17) is 15.0 Å². The van der Waals surface area contributed by atoms with Crippen LogP contribution in [-0.2, 0) is 0 Å². The van der Waals surface area contributed by atoms with E-state index in [1.165, 1.54) is 32.3 Å². The van der Waals surface area contributed by atoms with Gasteiger partial charge in [-0.15, -0.1) is 0 Å². The molecule has 0 aliphatic carbocycles. The second-order valence-electron chi connectivity index (χ2n) is 9.83. The normalized spacial score (nSPS) is 11.6. The van der Waals surface area contributed by atoms with Crippen LogP contribution in [0.15, 0.2) is 132 Å². The van der Waals surface area contributed by atoms with Crippen molar-refractivity contribution in [2.24, 2.45) is 0 Å². The minimum atomic E-state index is 0.588. The number of hydrogen-bond acceptors (Lipinski definition) is 3. The van der Waals surface area contributed by atoms with Crippen molar-refractivity contribution < 1.29 is 0 Å². The van der Waals surface area contributed by atoms with E-state index in [-0.39, 0.29) is 0 Å². The van der Waals surface area contributed by atoms with Gasteiger partial charge in [0.25, 0.3) is 0 Å². The summed E-state index contributed by atoms with van der Waals surface area (Å²) < 4.78 is 3.22. The molecule has 6 aromatic carbocycles. The fourth-order valence-corrected chi connectivity index (χ4v) is 6.27. The van der Waals surface area contributed by atoms with Gasteiger partial charge in [0.1, 0.15) is 0 Å². The molecule has 0 aliphatic heterocycles. The number of benzene rings is 6. The maximum atomic E-state index is 5.09. The number of halogens is 1. The highest BCUT2D eigenvalue weighted by atomic mass is 79.9. The van der Waals surface area contributed by atoms with Gasteiger partial charge in [-0.25, -0.2) is 4.98 Å². The van der Waals surface area contributed by atoms with E-state index in [1.54, 1.807) is 0 Å². The molecule has 0 saturated carbocycles. The second-order valence-corrected chi connectivity index (χ2v) is 10.7. The van der Waals surface area contributed by atoms with Crippen molar-refractivity contribution >= 4 is 59.3 Å². The summed E-state index contributed by atoms with van der Waals surface area (Å²) in [5.41, 5.74) is 3.99. The highest BCUT2D eigenvalue weighted by molar-refractivity contribution is 9.10. The third kappa shape index (κ3) is 3.55. The Morgan fingerprint density at radius 3 is 1.70 bits per heavy atom. The Kier molecular flexibility index (Phi) is 5.25. The quantitative estimate of drug-likeness (QED) is 0.210. The predicted molar refractivity (Wildman–Crippen MR) is 168 cm³/mol. The van der Waals surface area contributed by atoms with Crippen LogP contribution >= 0.6 is 15.9 Å². The summed E-state index contributed by atoms with van der Waals surface area (Å²) in [5.74, 6) is 1.87. The maximum Gasteiger partial charge on any atom is 0.238 e. The van der Waals surface area contributed by atoms with Crippen LogP contribution in [0.2, 0.25) is 0 Å². The van der Waals surface area contributed by atoms with E-state index >= 15 is 0 Å². The molecule has 8 aromatic rings. The molecular weight excluding hydrogens is 556 g/mol. The molecule has 0 atom stereocenters. The molecule has 5 heteroatoms. The number of aromatic nitrogens is 4. The molecule has 8 rings (SSSR count). The number of hydrogen-bond donors (Lipinski definition) is 0. The Morgan fingerprint density at radius 2 is 1.02 bits per heavy atom. The first-order valence-corrected chi connectivity index (χ1v) is 14.0. The Labute approximate surface area is 238 Å². The van der Waals surface area contributed by atoms with Crippen molar-refractivity contribution in [3.63, 3.8) is 0 Å². The Balaban J connectivity index is 1.56. The highest BCUT2D eigenvalue weighted by Gasteiger charge is 2.21. The maximum absolute atomic E-state index is 5.09. The minimum absolute atomic E-state index is 0.588. The first-order valence-electron chi connectivity index (χ1n) is 13.2. The molecule has 0 saturated heterocycles. The Morgan fingerprint density at radius 1 is 0.475 bits per heavy atom. The van der Waals surface area contributed by atoms with Gasteiger partial charge in [-0.3, -0.25) is 4.57 Å². The third-order valence-corrected chi connectivity index (χ3v) is 8.16. The SMILES string of the molecule is Brc1cc2c(c3ccccc13)c1c3ccccc3ccc1n2-c1nc(-c2ccccc2)nc(-c2ccccc2)n1. The summed E-state index contributed by atoms with van der Waals surface area (Å²) >= 11 is 3.87. The molecule has 0 N–H and O–H groups in total. The largest absolute Gasteiger partial charge is 0.278 e. The lowest BCUT2D eigenvalue weighted by Crippen LogP contribution is -2.06. The van der Waals surface area contributed by atoms with Gasteiger partial charge in [-0.1, -0.05) is 131 Å². The Hall–Kier alpha value is -4.87. The molecule has 40 heavy (non-hydrogen) atoms. The molecule has 0 fully saturated rings. The molecule has 4 nitrogen and oxygen atoms in total. The zero-order valence-electron chi connectivity index (χ0n) is 21.3. The molecule has 2 aromatic heterocycles. The summed E-state index contributed by atoms with van der Waals surface area (Å²) in [4.78, 5) is 15.1. The van der Waals surface area contributed by atoms with E-state index in [9.17, 15) is 0 Å². The average Bonchev–Trinajstić information content (AvgIpc) is 3.36. The standard InChI is InChI=1S/C35H21BrN4/c36-28-21-30-32(27-18-10-9-17-26(27)28)31-25-16-8-7-11-22(25)19-20-29(31)40(30)35-38-33(23-12-3-1-4-13-23)37-34(39-35)24-14-5-2-6-15-24/h1-21H. The smallest absolute Gasteiger partial charge is 0.238 e. The van der Waals surface area contributed by atoms with Gasteiger partial charge in [-0.05, 0) is 33.7 Å². The monoisotopic (exact) mass is 576 g/mol. The molecule has 0 spiro atoms. The van der Waals surface area contributed by atoms with Crippen LogP contribution in [0.1, 0.15) is 0 Å². The summed E-state index contributed by atoms with van der Waals surface area (Å²) in [6, 6.07) is 43.9. The molecule has 0 aliphatic rings.